The van der Waals surface area contributed by atoms with Gasteiger partial charge in [-0.05, 0) is 38.5 Å². The largest absolute Gasteiger partial charge is 0.391 e. The second-order valence-corrected chi connectivity index (χ2v) is 7.97. The highest BCUT2D eigenvalue weighted by Gasteiger charge is 2.25. The molecule has 4 nitrogen and oxygen atoms in total. The number of aromatic nitrogens is 2. The molecular weight excluding hydrogens is 322 g/mol. The van der Waals surface area contributed by atoms with Gasteiger partial charge in [0.05, 0.1) is 17.1 Å². The molecule has 0 aliphatic carbocycles. The van der Waals surface area contributed by atoms with E-state index in [0.717, 1.165) is 23.4 Å². The van der Waals surface area contributed by atoms with Crippen molar-refractivity contribution < 1.29 is 5.11 Å². The quantitative estimate of drug-likeness (QED) is 0.735. The maximum absolute atomic E-state index is 10.8. The number of rotatable bonds is 6. The van der Waals surface area contributed by atoms with Gasteiger partial charge in [0.2, 0.25) is 0 Å². The summed E-state index contributed by atoms with van der Waals surface area (Å²) in [6.45, 7) is 8.01. The van der Waals surface area contributed by atoms with Crippen molar-refractivity contribution in [3.05, 3.63) is 66.0 Å². The van der Waals surface area contributed by atoms with Crippen molar-refractivity contribution in [2.45, 2.75) is 45.4 Å². The number of aliphatic hydroxyl groups excluding tert-OH is 1. The van der Waals surface area contributed by atoms with Crippen LogP contribution in [0.3, 0.4) is 0 Å². The molecule has 3 rings (SSSR count). The minimum Gasteiger partial charge on any atom is -0.391 e. The molecule has 0 aliphatic rings. The molecule has 0 amide bonds. The second kappa shape index (κ2) is 7.60. The number of imidazole rings is 1. The van der Waals surface area contributed by atoms with E-state index in [0.29, 0.717) is 13.0 Å². The van der Waals surface area contributed by atoms with Gasteiger partial charge in [0, 0.05) is 32.1 Å². The van der Waals surface area contributed by atoms with Crippen molar-refractivity contribution >= 4 is 11.0 Å². The van der Waals surface area contributed by atoms with E-state index in [1.165, 1.54) is 5.56 Å². The van der Waals surface area contributed by atoms with Crippen LogP contribution in [0, 0.1) is 0 Å². The van der Waals surface area contributed by atoms with Crippen molar-refractivity contribution in [2.75, 3.05) is 6.54 Å². The van der Waals surface area contributed by atoms with Gasteiger partial charge in [0.25, 0.3) is 0 Å². The zero-order valence-corrected chi connectivity index (χ0v) is 16.2. The van der Waals surface area contributed by atoms with Gasteiger partial charge in [-0.25, -0.2) is 4.98 Å². The van der Waals surface area contributed by atoms with Crippen LogP contribution in [0.15, 0.2) is 54.6 Å². The molecular formula is C22H29N3O. The first-order chi connectivity index (χ1) is 12.3. The molecule has 26 heavy (non-hydrogen) atoms. The summed E-state index contributed by atoms with van der Waals surface area (Å²) < 4.78 is 2.08. The average Bonchev–Trinajstić information content (AvgIpc) is 2.91. The lowest BCUT2D eigenvalue weighted by atomic mass is 10.0. The fourth-order valence-corrected chi connectivity index (χ4v) is 3.29. The SMILES string of the molecule is Cn1c(C[C@@H](O)CN(Cc2ccccc2)C(C)(C)C)nc2ccccc21. The Labute approximate surface area is 156 Å². The Morgan fingerprint density at radius 1 is 1.04 bits per heavy atom. The standard InChI is InChI=1S/C22H29N3O/c1-22(2,3)25(15-17-10-6-5-7-11-17)16-18(26)14-21-23-19-12-8-9-13-20(19)24(21)4/h5-13,18,26H,14-16H2,1-4H3/t18-/m1/s1. The molecule has 1 heterocycles. The van der Waals surface area contributed by atoms with Crippen molar-refractivity contribution in [3.8, 4) is 0 Å². The predicted molar refractivity (Wildman–Crippen MR) is 107 cm³/mol. The smallest absolute Gasteiger partial charge is 0.112 e. The summed E-state index contributed by atoms with van der Waals surface area (Å²) in [5.74, 6) is 0.923. The predicted octanol–water partition coefficient (Wildman–Crippen LogP) is 3.78. The molecule has 0 fully saturated rings. The monoisotopic (exact) mass is 351 g/mol. The van der Waals surface area contributed by atoms with Crippen LogP contribution in [0.5, 0.6) is 0 Å². The van der Waals surface area contributed by atoms with E-state index in [4.69, 9.17) is 4.98 Å². The second-order valence-electron chi connectivity index (χ2n) is 7.97. The summed E-state index contributed by atoms with van der Waals surface area (Å²) in [4.78, 5) is 7.02. The molecule has 2 aromatic carbocycles. The van der Waals surface area contributed by atoms with E-state index in [2.05, 4.69) is 60.6 Å². The number of nitrogens with zero attached hydrogens (tertiary/aromatic N) is 3. The molecule has 4 heteroatoms. The first kappa shape index (κ1) is 18.6. The van der Waals surface area contributed by atoms with Crippen LogP contribution < -0.4 is 0 Å². The molecule has 3 aromatic rings. The van der Waals surface area contributed by atoms with Crippen molar-refractivity contribution in [2.24, 2.45) is 7.05 Å². The van der Waals surface area contributed by atoms with Crippen LogP contribution in [0.1, 0.15) is 32.2 Å². The number of aliphatic hydroxyl groups is 1. The maximum atomic E-state index is 10.8. The third-order valence-corrected chi connectivity index (χ3v) is 4.89. The lowest BCUT2D eigenvalue weighted by molar-refractivity contribution is 0.0518. The van der Waals surface area contributed by atoms with E-state index in [-0.39, 0.29) is 5.54 Å². The highest BCUT2D eigenvalue weighted by Crippen LogP contribution is 2.20. The minimum atomic E-state index is -0.464. The van der Waals surface area contributed by atoms with Gasteiger partial charge < -0.3 is 9.67 Å². The first-order valence-electron chi connectivity index (χ1n) is 9.22. The Morgan fingerprint density at radius 2 is 1.69 bits per heavy atom. The number of hydrogen-bond acceptors (Lipinski definition) is 3. The van der Waals surface area contributed by atoms with Gasteiger partial charge in [-0.2, -0.15) is 0 Å². The minimum absolute atomic E-state index is 0.0246. The first-order valence-corrected chi connectivity index (χ1v) is 9.22. The summed E-state index contributed by atoms with van der Waals surface area (Å²) >= 11 is 0. The van der Waals surface area contributed by atoms with Gasteiger partial charge in [-0.15, -0.1) is 0 Å². The van der Waals surface area contributed by atoms with E-state index >= 15 is 0 Å². The van der Waals surface area contributed by atoms with Crippen LogP contribution in [0.2, 0.25) is 0 Å². The Hall–Kier alpha value is -2.17. The van der Waals surface area contributed by atoms with Crippen LogP contribution >= 0.6 is 0 Å². The molecule has 1 aromatic heterocycles. The number of β-amino-alcohol motifs (C(OH)–C–C–N with tert-alkyl or cyclic N) is 1. The number of aryl methyl sites for hydroxylation is 1. The number of para-hydroxylation sites is 2. The Balaban J connectivity index is 1.72. The molecule has 0 spiro atoms. The molecule has 0 saturated carbocycles. The summed E-state index contributed by atoms with van der Waals surface area (Å²) in [5, 5.41) is 10.8. The van der Waals surface area contributed by atoms with E-state index in [1.807, 2.05) is 31.3 Å². The lowest BCUT2D eigenvalue weighted by Gasteiger charge is -2.37. The molecule has 138 valence electrons. The zero-order chi connectivity index (χ0) is 18.7. The fraction of sp³-hybridized carbons (Fsp3) is 0.409. The van der Waals surface area contributed by atoms with Crippen LogP contribution in [0.25, 0.3) is 11.0 Å². The molecule has 1 atom stereocenters. The molecule has 0 unspecified atom stereocenters. The molecule has 0 bridgehead atoms. The zero-order valence-electron chi connectivity index (χ0n) is 16.2. The average molecular weight is 351 g/mol. The third-order valence-electron chi connectivity index (χ3n) is 4.89. The highest BCUT2D eigenvalue weighted by molar-refractivity contribution is 5.75. The Morgan fingerprint density at radius 3 is 2.35 bits per heavy atom. The van der Waals surface area contributed by atoms with Gasteiger partial charge in [-0.1, -0.05) is 42.5 Å². The molecule has 1 N–H and O–H groups in total. The lowest BCUT2D eigenvalue weighted by Crippen LogP contribution is -2.45. The van der Waals surface area contributed by atoms with Crippen LogP contribution in [-0.4, -0.2) is 37.7 Å². The number of hydrogen-bond donors (Lipinski definition) is 1. The van der Waals surface area contributed by atoms with Crippen LogP contribution in [0.4, 0.5) is 0 Å². The highest BCUT2D eigenvalue weighted by atomic mass is 16.3. The summed E-state index contributed by atoms with van der Waals surface area (Å²) in [6, 6.07) is 18.5. The summed E-state index contributed by atoms with van der Waals surface area (Å²) in [6.07, 6.45) is 0.0838. The molecule has 0 aliphatic heterocycles. The Bertz CT molecular complexity index is 849. The van der Waals surface area contributed by atoms with Crippen molar-refractivity contribution in [1.82, 2.24) is 14.5 Å². The fourth-order valence-electron chi connectivity index (χ4n) is 3.29. The number of benzene rings is 2. The third kappa shape index (κ3) is 4.32. The van der Waals surface area contributed by atoms with E-state index in [1.54, 1.807) is 0 Å². The Kier molecular flexibility index (Phi) is 5.44. The molecule has 0 radical (unpaired) electrons. The normalized spacial score (nSPS) is 13.5. The van der Waals surface area contributed by atoms with Crippen molar-refractivity contribution in [3.63, 3.8) is 0 Å². The van der Waals surface area contributed by atoms with Gasteiger partial charge in [0.1, 0.15) is 5.82 Å². The van der Waals surface area contributed by atoms with Crippen molar-refractivity contribution in [1.29, 1.82) is 0 Å². The van der Waals surface area contributed by atoms with Gasteiger partial charge in [-0.3, -0.25) is 4.90 Å². The van der Waals surface area contributed by atoms with E-state index < -0.39 is 6.10 Å². The molecule has 0 saturated heterocycles. The maximum Gasteiger partial charge on any atom is 0.112 e. The van der Waals surface area contributed by atoms with E-state index in [9.17, 15) is 5.11 Å². The summed E-state index contributed by atoms with van der Waals surface area (Å²) in [7, 11) is 2.02. The van der Waals surface area contributed by atoms with Crippen LogP contribution in [-0.2, 0) is 20.0 Å². The van der Waals surface area contributed by atoms with Gasteiger partial charge in [0.15, 0.2) is 0 Å². The number of fused-ring (bicyclic) bond motifs is 1. The summed E-state index contributed by atoms with van der Waals surface area (Å²) in [5.41, 5.74) is 3.32. The van der Waals surface area contributed by atoms with Gasteiger partial charge >= 0.3 is 0 Å². The topological polar surface area (TPSA) is 41.3 Å².